The molecule has 0 saturated carbocycles. The lowest BCUT2D eigenvalue weighted by molar-refractivity contribution is 0.412. The average Bonchev–Trinajstić information content (AvgIpc) is 2.42. The molecule has 19 heavy (non-hydrogen) atoms. The van der Waals surface area contributed by atoms with Crippen LogP contribution in [0, 0.1) is 6.92 Å². The van der Waals surface area contributed by atoms with E-state index in [0.717, 1.165) is 5.56 Å². The van der Waals surface area contributed by atoms with Gasteiger partial charge in [-0.3, -0.25) is 4.72 Å². The van der Waals surface area contributed by atoms with Crippen molar-refractivity contribution in [3.05, 3.63) is 54.1 Å². The number of nitrogens with one attached hydrogen (secondary N) is 1. The number of aryl methyl sites for hydroxylation is 1. The molecule has 5 heteroatoms. The SMILES string of the molecule is COc1cc(NS(=O)(=O)c2ccccc2)ccc1C. The molecule has 0 fully saturated rings. The highest BCUT2D eigenvalue weighted by Gasteiger charge is 2.13. The third-order valence-corrected chi connectivity index (χ3v) is 4.11. The summed E-state index contributed by atoms with van der Waals surface area (Å²) in [7, 11) is -2.00. The fourth-order valence-electron chi connectivity index (χ4n) is 1.70. The molecule has 4 nitrogen and oxygen atoms in total. The molecule has 2 rings (SSSR count). The van der Waals surface area contributed by atoms with Crippen molar-refractivity contribution in [2.45, 2.75) is 11.8 Å². The van der Waals surface area contributed by atoms with Crippen LogP contribution in [0.25, 0.3) is 0 Å². The molecule has 0 radical (unpaired) electrons. The number of sulfonamides is 1. The molecule has 0 atom stereocenters. The van der Waals surface area contributed by atoms with Crippen molar-refractivity contribution in [1.82, 2.24) is 0 Å². The van der Waals surface area contributed by atoms with E-state index in [1.54, 1.807) is 49.6 Å². The molecule has 0 spiro atoms. The highest BCUT2D eigenvalue weighted by molar-refractivity contribution is 7.92. The molecule has 1 N–H and O–H groups in total. The summed E-state index contributed by atoms with van der Waals surface area (Å²) in [5, 5.41) is 0. The minimum absolute atomic E-state index is 0.231. The van der Waals surface area contributed by atoms with E-state index in [-0.39, 0.29) is 4.90 Å². The van der Waals surface area contributed by atoms with E-state index < -0.39 is 10.0 Å². The first-order chi connectivity index (χ1) is 9.03. The fourth-order valence-corrected chi connectivity index (χ4v) is 2.77. The maximum Gasteiger partial charge on any atom is 0.261 e. The second-order valence-corrected chi connectivity index (χ2v) is 5.79. The summed E-state index contributed by atoms with van der Waals surface area (Å²) in [6.07, 6.45) is 0. The number of methoxy groups -OCH3 is 1. The van der Waals surface area contributed by atoms with Crippen LogP contribution in [0.1, 0.15) is 5.56 Å². The third kappa shape index (κ3) is 3.06. The van der Waals surface area contributed by atoms with E-state index in [1.807, 2.05) is 13.0 Å². The molecular formula is C14H15NO3S. The molecule has 0 aliphatic rings. The monoisotopic (exact) mass is 277 g/mol. The Bertz CT molecular complexity index is 666. The Morgan fingerprint density at radius 2 is 1.74 bits per heavy atom. The molecule has 0 aromatic heterocycles. The number of anilines is 1. The van der Waals surface area contributed by atoms with Gasteiger partial charge >= 0.3 is 0 Å². The summed E-state index contributed by atoms with van der Waals surface area (Å²) < 4.78 is 32.0. The zero-order chi connectivity index (χ0) is 13.9. The summed E-state index contributed by atoms with van der Waals surface area (Å²) >= 11 is 0. The molecule has 2 aromatic carbocycles. The first-order valence-electron chi connectivity index (χ1n) is 5.75. The predicted octanol–water partition coefficient (Wildman–Crippen LogP) is 2.80. The topological polar surface area (TPSA) is 55.4 Å². The Kier molecular flexibility index (Phi) is 3.76. The van der Waals surface area contributed by atoms with Gasteiger partial charge in [0.25, 0.3) is 10.0 Å². The summed E-state index contributed by atoms with van der Waals surface area (Å²) in [5.74, 6) is 0.647. The lowest BCUT2D eigenvalue weighted by Gasteiger charge is -2.10. The van der Waals surface area contributed by atoms with Crippen molar-refractivity contribution in [2.24, 2.45) is 0 Å². The van der Waals surface area contributed by atoms with Gasteiger partial charge in [-0.1, -0.05) is 24.3 Å². The van der Waals surface area contributed by atoms with E-state index >= 15 is 0 Å². The molecular weight excluding hydrogens is 262 g/mol. The lowest BCUT2D eigenvalue weighted by atomic mass is 10.2. The van der Waals surface area contributed by atoms with Crippen LogP contribution < -0.4 is 9.46 Å². The van der Waals surface area contributed by atoms with Gasteiger partial charge in [-0.05, 0) is 30.7 Å². The van der Waals surface area contributed by atoms with E-state index in [1.165, 1.54) is 0 Å². The minimum atomic E-state index is -3.56. The number of hydrogen-bond donors (Lipinski definition) is 1. The highest BCUT2D eigenvalue weighted by Crippen LogP contribution is 2.24. The van der Waals surface area contributed by atoms with Gasteiger partial charge in [-0.2, -0.15) is 0 Å². The maximum atomic E-state index is 12.1. The Morgan fingerprint density at radius 3 is 2.37 bits per heavy atom. The summed E-state index contributed by atoms with van der Waals surface area (Å²) in [6, 6.07) is 13.4. The van der Waals surface area contributed by atoms with Crippen molar-refractivity contribution in [3.63, 3.8) is 0 Å². The Balaban J connectivity index is 2.31. The van der Waals surface area contributed by atoms with Crippen molar-refractivity contribution in [2.75, 3.05) is 11.8 Å². The van der Waals surface area contributed by atoms with Crippen molar-refractivity contribution < 1.29 is 13.2 Å². The minimum Gasteiger partial charge on any atom is -0.496 e. The second-order valence-electron chi connectivity index (χ2n) is 4.10. The highest BCUT2D eigenvalue weighted by atomic mass is 32.2. The van der Waals surface area contributed by atoms with Crippen molar-refractivity contribution in [3.8, 4) is 5.75 Å². The van der Waals surface area contributed by atoms with Crippen molar-refractivity contribution >= 4 is 15.7 Å². The van der Waals surface area contributed by atoms with Crippen LogP contribution in [0.2, 0.25) is 0 Å². The number of hydrogen-bond acceptors (Lipinski definition) is 3. The number of ether oxygens (including phenoxy) is 1. The molecule has 0 amide bonds. The van der Waals surface area contributed by atoms with Crippen LogP contribution in [0.15, 0.2) is 53.4 Å². The van der Waals surface area contributed by atoms with E-state index in [0.29, 0.717) is 11.4 Å². The van der Waals surface area contributed by atoms with Gasteiger partial charge in [-0.25, -0.2) is 8.42 Å². The first-order valence-corrected chi connectivity index (χ1v) is 7.24. The number of benzene rings is 2. The van der Waals surface area contributed by atoms with E-state index in [2.05, 4.69) is 4.72 Å². The Morgan fingerprint density at radius 1 is 1.05 bits per heavy atom. The second kappa shape index (κ2) is 5.32. The summed E-state index contributed by atoms with van der Waals surface area (Å²) in [6.45, 7) is 1.90. The lowest BCUT2D eigenvalue weighted by Crippen LogP contribution is -2.12. The van der Waals surface area contributed by atoms with Gasteiger partial charge in [0.1, 0.15) is 5.75 Å². The van der Waals surface area contributed by atoms with Crippen LogP contribution in [0.3, 0.4) is 0 Å². The largest absolute Gasteiger partial charge is 0.496 e. The molecule has 0 aliphatic carbocycles. The molecule has 100 valence electrons. The number of rotatable bonds is 4. The van der Waals surface area contributed by atoms with Crippen LogP contribution in [-0.2, 0) is 10.0 Å². The van der Waals surface area contributed by atoms with Gasteiger partial charge in [0.2, 0.25) is 0 Å². The molecule has 0 heterocycles. The molecule has 0 unspecified atom stereocenters. The van der Waals surface area contributed by atoms with Gasteiger partial charge < -0.3 is 4.74 Å². The standard InChI is InChI=1S/C14H15NO3S/c1-11-8-9-12(10-14(11)18-2)15-19(16,17)13-6-4-3-5-7-13/h3-10,15H,1-2H3. The zero-order valence-electron chi connectivity index (χ0n) is 10.8. The van der Waals surface area contributed by atoms with Crippen LogP contribution in [0.5, 0.6) is 5.75 Å². The fraction of sp³-hybridized carbons (Fsp3) is 0.143. The maximum absolute atomic E-state index is 12.1. The summed E-state index contributed by atoms with van der Waals surface area (Å²) in [4.78, 5) is 0.231. The smallest absolute Gasteiger partial charge is 0.261 e. The first kappa shape index (κ1) is 13.4. The van der Waals surface area contributed by atoms with Crippen molar-refractivity contribution in [1.29, 1.82) is 0 Å². The Labute approximate surface area is 113 Å². The normalized spacial score (nSPS) is 11.1. The molecule has 0 aliphatic heterocycles. The van der Waals surface area contributed by atoms with Crippen LogP contribution in [0.4, 0.5) is 5.69 Å². The summed E-state index contributed by atoms with van der Waals surface area (Å²) in [5.41, 5.74) is 1.43. The zero-order valence-corrected chi connectivity index (χ0v) is 11.6. The van der Waals surface area contributed by atoms with Crippen LogP contribution >= 0.6 is 0 Å². The molecule has 0 bridgehead atoms. The predicted molar refractivity (Wildman–Crippen MR) is 75.0 cm³/mol. The molecule has 2 aromatic rings. The van der Waals surface area contributed by atoms with E-state index in [4.69, 9.17) is 4.74 Å². The van der Waals surface area contributed by atoms with Gasteiger partial charge in [0.05, 0.1) is 17.7 Å². The van der Waals surface area contributed by atoms with Crippen LogP contribution in [-0.4, -0.2) is 15.5 Å². The van der Waals surface area contributed by atoms with Gasteiger partial charge in [0.15, 0.2) is 0 Å². The quantitative estimate of drug-likeness (QED) is 0.935. The molecule has 0 saturated heterocycles. The van der Waals surface area contributed by atoms with Gasteiger partial charge in [-0.15, -0.1) is 0 Å². The van der Waals surface area contributed by atoms with Gasteiger partial charge in [0, 0.05) is 6.07 Å². The Hall–Kier alpha value is -2.01. The van der Waals surface area contributed by atoms with E-state index in [9.17, 15) is 8.42 Å². The third-order valence-electron chi connectivity index (χ3n) is 2.71. The average molecular weight is 277 g/mol.